The lowest BCUT2D eigenvalue weighted by Crippen LogP contribution is -2.61. The predicted molar refractivity (Wildman–Crippen MR) is 77.0 cm³/mol. The number of carbonyl (C=O) groups excluding carboxylic acids is 2. The molecule has 0 aromatic carbocycles. The molecule has 6 atom stereocenters. The van der Waals surface area contributed by atoms with Crippen molar-refractivity contribution in [2.45, 2.75) is 56.3 Å². The normalized spacial score (nSPS) is 54.1. The largest absolute Gasteiger partial charge is 0.390 e. The van der Waals surface area contributed by atoms with E-state index in [0.717, 1.165) is 12.0 Å². The van der Waals surface area contributed by atoms with Crippen LogP contribution in [-0.2, 0) is 14.3 Å². The van der Waals surface area contributed by atoms with E-state index in [2.05, 4.69) is 6.58 Å². The minimum Gasteiger partial charge on any atom is -0.390 e. The molecule has 3 saturated carbocycles. The highest BCUT2D eigenvalue weighted by atomic mass is 16.5. The Morgan fingerprint density at radius 2 is 2.00 bits per heavy atom. The quantitative estimate of drug-likeness (QED) is 0.510. The Balaban J connectivity index is 1.79. The van der Waals surface area contributed by atoms with Gasteiger partial charge in [-0.2, -0.15) is 0 Å². The van der Waals surface area contributed by atoms with Gasteiger partial charge in [0.05, 0.1) is 17.6 Å². The molecule has 4 aliphatic rings. The maximum absolute atomic E-state index is 13.0. The second-order valence-corrected chi connectivity index (χ2v) is 7.96. The number of Topliss-reactive ketones (excluding diaryl/α,β-unsaturated/α-hetero) is 2. The number of fused-ring (bicyclic) bond motifs is 3. The van der Waals surface area contributed by atoms with E-state index in [1.54, 1.807) is 6.92 Å². The smallest absolute Gasteiger partial charge is 0.180 e. The van der Waals surface area contributed by atoms with Gasteiger partial charge in [0.1, 0.15) is 11.7 Å². The number of rotatable bonds is 0. The van der Waals surface area contributed by atoms with Crippen LogP contribution in [-0.4, -0.2) is 45.7 Å². The van der Waals surface area contributed by atoms with Crippen molar-refractivity contribution in [1.29, 1.82) is 0 Å². The lowest BCUT2D eigenvalue weighted by atomic mass is 9.54. The van der Waals surface area contributed by atoms with Crippen molar-refractivity contribution < 1.29 is 24.5 Å². The zero-order valence-corrected chi connectivity index (χ0v) is 12.8. The Bertz CT molecular complexity index is 594. The highest BCUT2D eigenvalue weighted by Crippen LogP contribution is 2.59. The molecule has 5 nitrogen and oxygen atoms in total. The van der Waals surface area contributed by atoms with Crippen molar-refractivity contribution in [3.8, 4) is 0 Å². The molecule has 3 aliphatic carbocycles. The van der Waals surface area contributed by atoms with Crippen molar-refractivity contribution in [3.63, 3.8) is 0 Å². The van der Waals surface area contributed by atoms with Gasteiger partial charge >= 0.3 is 0 Å². The van der Waals surface area contributed by atoms with Crippen LogP contribution in [0.2, 0.25) is 0 Å². The summed E-state index contributed by atoms with van der Waals surface area (Å²) < 4.78 is 5.38. The van der Waals surface area contributed by atoms with Gasteiger partial charge in [0.25, 0.3) is 0 Å². The standard InChI is InChI=1S/C17H22O5/c1-9-5-16(6-11-10(9)3-4-15(11,2)20)13(18)12-7-17(21,8-22-12)14(16)19/h10-12,20-21H,1,3-8H2,2H3/t10-,11-,12-,15+,16-,17+/m0/s1. The fourth-order valence-electron chi connectivity index (χ4n) is 5.30. The van der Waals surface area contributed by atoms with Gasteiger partial charge in [-0.05, 0) is 44.4 Å². The van der Waals surface area contributed by atoms with E-state index in [0.29, 0.717) is 19.3 Å². The van der Waals surface area contributed by atoms with Crippen molar-refractivity contribution in [2.24, 2.45) is 17.3 Å². The molecule has 2 N–H and O–H groups in total. The third-order valence-electron chi connectivity index (χ3n) is 6.54. The minimum absolute atomic E-state index is 0.0728. The maximum Gasteiger partial charge on any atom is 0.180 e. The molecular formula is C17H22O5. The zero-order valence-electron chi connectivity index (χ0n) is 12.8. The molecule has 1 saturated heterocycles. The number of carbonyl (C=O) groups is 2. The van der Waals surface area contributed by atoms with Crippen molar-refractivity contribution in [1.82, 2.24) is 0 Å². The Labute approximate surface area is 129 Å². The first-order valence-corrected chi connectivity index (χ1v) is 8.03. The number of ether oxygens (including phenoxy) is 1. The van der Waals surface area contributed by atoms with E-state index in [1.165, 1.54) is 0 Å². The zero-order chi connectivity index (χ0) is 15.9. The summed E-state index contributed by atoms with van der Waals surface area (Å²) in [4.78, 5) is 25.8. The summed E-state index contributed by atoms with van der Waals surface area (Å²) in [5.41, 5.74) is -2.82. The van der Waals surface area contributed by atoms with Gasteiger partial charge in [0.15, 0.2) is 11.6 Å². The molecule has 120 valence electrons. The number of allylic oxidation sites excluding steroid dienone is 1. The molecule has 4 rings (SSSR count). The molecule has 5 heteroatoms. The Hall–Kier alpha value is -1.04. The van der Waals surface area contributed by atoms with Crippen LogP contribution >= 0.6 is 0 Å². The monoisotopic (exact) mass is 306 g/mol. The maximum atomic E-state index is 13.0. The van der Waals surface area contributed by atoms with Crippen LogP contribution in [0.15, 0.2) is 12.2 Å². The molecule has 22 heavy (non-hydrogen) atoms. The fraction of sp³-hybridized carbons (Fsp3) is 0.765. The van der Waals surface area contributed by atoms with Crippen LogP contribution in [0.1, 0.15) is 39.0 Å². The van der Waals surface area contributed by atoms with Crippen molar-refractivity contribution in [2.75, 3.05) is 6.61 Å². The van der Waals surface area contributed by atoms with Crippen LogP contribution in [0.5, 0.6) is 0 Å². The van der Waals surface area contributed by atoms with Gasteiger partial charge in [-0.1, -0.05) is 12.2 Å². The van der Waals surface area contributed by atoms with E-state index in [4.69, 9.17) is 4.74 Å². The molecule has 0 unspecified atom stereocenters. The first-order valence-electron chi connectivity index (χ1n) is 8.03. The molecule has 0 aromatic rings. The predicted octanol–water partition coefficient (Wildman–Crippen LogP) is 0.772. The van der Waals surface area contributed by atoms with Crippen molar-refractivity contribution >= 4 is 11.6 Å². The van der Waals surface area contributed by atoms with Crippen LogP contribution in [0, 0.1) is 17.3 Å². The summed E-state index contributed by atoms with van der Waals surface area (Å²) in [6, 6.07) is 0. The fourth-order valence-corrected chi connectivity index (χ4v) is 5.30. The number of ketones is 2. The summed E-state index contributed by atoms with van der Waals surface area (Å²) in [5.74, 6) is -0.623. The van der Waals surface area contributed by atoms with Crippen molar-refractivity contribution in [3.05, 3.63) is 12.2 Å². The average molecular weight is 306 g/mol. The van der Waals surface area contributed by atoms with E-state index < -0.39 is 28.5 Å². The first kappa shape index (κ1) is 14.5. The van der Waals surface area contributed by atoms with Crippen LogP contribution in [0.3, 0.4) is 0 Å². The van der Waals surface area contributed by atoms with E-state index in [1.807, 2.05) is 0 Å². The molecule has 4 fully saturated rings. The Morgan fingerprint density at radius 3 is 2.73 bits per heavy atom. The second-order valence-electron chi connectivity index (χ2n) is 7.96. The summed E-state index contributed by atoms with van der Waals surface area (Å²) in [6.45, 7) is 5.78. The summed E-state index contributed by atoms with van der Waals surface area (Å²) >= 11 is 0. The lowest BCUT2D eigenvalue weighted by Gasteiger charge is -2.48. The van der Waals surface area contributed by atoms with Gasteiger partial charge in [0.2, 0.25) is 0 Å². The van der Waals surface area contributed by atoms with E-state index >= 15 is 0 Å². The molecule has 1 heterocycles. The molecule has 1 spiro atoms. The number of aliphatic hydroxyl groups is 2. The molecule has 0 radical (unpaired) electrons. The molecule has 2 bridgehead atoms. The lowest BCUT2D eigenvalue weighted by molar-refractivity contribution is -0.162. The van der Waals surface area contributed by atoms with Gasteiger partial charge in [-0.15, -0.1) is 0 Å². The third kappa shape index (κ3) is 1.59. The first-order chi connectivity index (χ1) is 10.2. The molecule has 0 amide bonds. The number of hydrogen-bond acceptors (Lipinski definition) is 5. The summed E-state index contributed by atoms with van der Waals surface area (Å²) in [6.07, 6.45) is 1.48. The second kappa shape index (κ2) is 4.08. The van der Waals surface area contributed by atoms with Crippen LogP contribution in [0.25, 0.3) is 0 Å². The topological polar surface area (TPSA) is 83.8 Å². The number of hydrogen-bond donors (Lipinski definition) is 2. The van der Waals surface area contributed by atoms with Gasteiger partial charge in [-0.3, -0.25) is 9.59 Å². The molecular weight excluding hydrogens is 284 g/mol. The Kier molecular flexibility index (Phi) is 2.69. The highest BCUT2D eigenvalue weighted by Gasteiger charge is 2.68. The molecule has 1 aliphatic heterocycles. The summed E-state index contributed by atoms with van der Waals surface area (Å²) in [5, 5.41) is 21.2. The van der Waals surface area contributed by atoms with Crippen LogP contribution in [0.4, 0.5) is 0 Å². The SMILES string of the molecule is C=C1C[C@]2(C[C@H]3[C@H]1CC[C@@]3(C)O)C(=O)[C@@H]1C[C@@](O)(CO1)C2=O. The Morgan fingerprint density at radius 1 is 1.27 bits per heavy atom. The highest BCUT2D eigenvalue weighted by molar-refractivity contribution is 6.15. The summed E-state index contributed by atoms with van der Waals surface area (Å²) in [7, 11) is 0. The van der Waals surface area contributed by atoms with Gasteiger partial charge in [-0.25, -0.2) is 0 Å². The minimum atomic E-state index is -1.55. The van der Waals surface area contributed by atoms with Crippen LogP contribution < -0.4 is 0 Å². The van der Waals surface area contributed by atoms with Gasteiger partial charge in [0, 0.05) is 6.42 Å². The van der Waals surface area contributed by atoms with E-state index in [-0.39, 0.29) is 30.6 Å². The molecule has 0 aromatic heterocycles. The van der Waals surface area contributed by atoms with E-state index in [9.17, 15) is 19.8 Å². The third-order valence-corrected chi connectivity index (χ3v) is 6.54. The van der Waals surface area contributed by atoms with Gasteiger partial charge < -0.3 is 14.9 Å². The average Bonchev–Trinajstić information content (AvgIpc) is 2.97.